The van der Waals surface area contributed by atoms with Gasteiger partial charge in [0.15, 0.2) is 0 Å². The van der Waals surface area contributed by atoms with E-state index in [-0.39, 0.29) is 17.4 Å². The molecule has 2 unspecified atom stereocenters. The number of benzene rings is 2. The van der Waals surface area contributed by atoms with E-state index in [0.29, 0.717) is 11.3 Å². The Labute approximate surface area is 184 Å². The van der Waals surface area contributed by atoms with Gasteiger partial charge in [0.05, 0.1) is 5.57 Å². The predicted molar refractivity (Wildman–Crippen MR) is 121 cm³/mol. The molecule has 1 aromatic heterocycles. The molecule has 0 spiro atoms. The highest BCUT2D eigenvalue weighted by Gasteiger charge is 2.47. The number of thiophene rings is 1. The van der Waals surface area contributed by atoms with Crippen molar-refractivity contribution in [2.45, 2.75) is 32.4 Å². The van der Waals surface area contributed by atoms with Gasteiger partial charge in [-0.3, -0.25) is 14.5 Å². The fraction of sp³-hybridized carbons (Fsp3) is 0.200. The van der Waals surface area contributed by atoms with Crippen LogP contribution in [0, 0.1) is 6.92 Å². The Morgan fingerprint density at radius 3 is 2.68 bits per heavy atom. The summed E-state index contributed by atoms with van der Waals surface area (Å²) in [6, 6.07) is 16.0. The highest BCUT2D eigenvalue weighted by molar-refractivity contribution is 7.10. The maximum absolute atomic E-state index is 13.2. The Hall–Kier alpha value is -3.38. The summed E-state index contributed by atoms with van der Waals surface area (Å²) in [6.07, 6.45) is 0.813. The lowest BCUT2D eigenvalue weighted by molar-refractivity contribution is -0.132. The highest BCUT2D eigenvalue weighted by atomic mass is 32.1. The molecule has 0 saturated carbocycles. The second kappa shape index (κ2) is 7.39. The van der Waals surface area contributed by atoms with Crippen LogP contribution in [0.25, 0.3) is 5.76 Å². The molecule has 2 aromatic carbocycles. The molecule has 1 saturated heterocycles. The summed E-state index contributed by atoms with van der Waals surface area (Å²) in [4.78, 5) is 28.7. The first-order valence-electron chi connectivity index (χ1n) is 10.2. The van der Waals surface area contributed by atoms with Crippen molar-refractivity contribution in [1.82, 2.24) is 0 Å². The molecular formula is C25H21NO4S. The zero-order valence-electron chi connectivity index (χ0n) is 17.2. The SMILES string of the molecule is Cc1ccccc1N1C(=O)C(=O)/C(=C(\O)c2ccc3c(c2)CC(C)O3)C1c1cccs1. The molecule has 2 aliphatic rings. The van der Waals surface area contributed by atoms with Gasteiger partial charge < -0.3 is 9.84 Å². The lowest BCUT2D eigenvalue weighted by Crippen LogP contribution is -2.29. The van der Waals surface area contributed by atoms with Gasteiger partial charge in [-0.2, -0.15) is 0 Å². The molecule has 3 aromatic rings. The van der Waals surface area contributed by atoms with E-state index in [4.69, 9.17) is 4.74 Å². The normalized spacial score (nSPS) is 21.9. The van der Waals surface area contributed by atoms with Crippen LogP contribution in [0.3, 0.4) is 0 Å². The average Bonchev–Trinajstić information content (AvgIpc) is 3.46. The highest BCUT2D eigenvalue weighted by Crippen LogP contribution is 2.44. The number of hydrogen-bond donors (Lipinski definition) is 1. The molecule has 1 N–H and O–H groups in total. The third-order valence-electron chi connectivity index (χ3n) is 5.80. The standard InChI is InChI=1S/C25H21NO4S/c1-14-6-3-4-7-18(14)26-22(20-8-5-11-31-20)21(24(28)25(26)29)23(27)16-9-10-19-17(13-16)12-15(2)30-19/h3-11,13,15,22,27H,12H2,1-2H3/b23-21-. The molecule has 156 valence electrons. The Morgan fingerprint density at radius 2 is 1.94 bits per heavy atom. The number of aryl methyl sites for hydroxylation is 1. The van der Waals surface area contributed by atoms with E-state index in [0.717, 1.165) is 28.2 Å². The van der Waals surface area contributed by atoms with Gasteiger partial charge in [-0.25, -0.2) is 0 Å². The van der Waals surface area contributed by atoms with Crippen LogP contribution in [-0.2, 0) is 16.0 Å². The first kappa shape index (κ1) is 19.6. The number of amides is 1. The number of ether oxygens (including phenoxy) is 1. The van der Waals surface area contributed by atoms with E-state index in [2.05, 4.69) is 0 Å². The van der Waals surface area contributed by atoms with Crippen molar-refractivity contribution in [2.75, 3.05) is 4.90 Å². The lowest BCUT2D eigenvalue weighted by Gasteiger charge is -2.25. The number of carbonyl (C=O) groups excluding carboxylic acids is 2. The van der Waals surface area contributed by atoms with Gasteiger partial charge in [-0.15, -0.1) is 11.3 Å². The predicted octanol–water partition coefficient (Wildman–Crippen LogP) is 5.01. The van der Waals surface area contributed by atoms with Crippen LogP contribution in [0.1, 0.15) is 34.5 Å². The molecule has 5 nitrogen and oxygen atoms in total. The van der Waals surface area contributed by atoms with Crippen LogP contribution in [0.2, 0.25) is 0 Å². The quantitative estimate of drug-likeness (QED) is 0.360. The molecule has 0 bridgehead atoms. The van der Waals surface area contributed by atoms with Crippen LogP contribution >= 0.6 is 11.3 Å². The number of nitrogens with zero attached hydrogens (tertiary/aromatic N) is 1. The number of hydrogen-bond acceptors (Lipinski definition) is 5. The lowest BCUT2D eigenvalue weighted by atomic mass is 9.98. The van der Waals surface area contributed by atoms with E-state index in [1.807, 2.05) is 67.8 Å². The molecular weight excluding hydrogens is 410 g/mol. The molecule has 2 atom stereocenters. The largest absolute Gasteiger partial charge is 0.507 e. The molecule has 0 radical (unpaired) electrons. The summed E-state index contributed by atoms with van der Waals surface area (Å²) < 4.78 is 5.75. The number of Topliss-reactive ketones (excluding diaryl/α,β-unsaturated/α-hetero) is 1. The minimum absolute atomic E-state index is 0.0742. The van der Waals surface area contributed by atoms with Crippen LogP contribution in [0.15, 0.2) is 65.6 Å². The monoisotopic (exact) mass is 431 g/mol. The summed E-state index contributed by atoms with van der Waals surface area (Å²) >= 11 is 1.45. The van der Waals surface area contributed by atoms with Crippen molar-refractivity contribution in [3.05, 3.63) is 87.1 Å². The summed E-state index contributed by atoms with van der Waals surface area (Å²) in [5.74, 6) is -0.675. The van der Waals surface area contributed by atoms with Gasteiger partial charge in [0.1, 0.15) is 23.7 Å². The number of rotatable bonds is 3. The summed E-state index contributed by atoms with van der Waals surface area (Å²) in [5.41, 5.74) is 3.16. The third kappa shape index (κ3) is 3.15. The number of aliphatic hydroxyl groups excluding tert-OH is 1. The Kier molecular flexibility index (Phi) is 4.67. The van der Waals surface area contributed by atoms with Gasteiger partial charge in [0.2, 0.25) is 0 Å². The second-order valence-electron chi connectivity index (χ2n) is 7.93. The van der Waals surface area contributed by atoms with E-state index in [9.17, 15) is 14.7 Å². The van der Waals surface area contributed by atoms with Crippen LogP contribution in [0.5, 0.6) is 5.75 Å². The first-order chi connectivity index (χ1) is 15.0. The average molecular weight is 432 g/mol. The molecule has 3 heterocycles. The minimum atomic E-state index is -0.677. The molecule has 0 aliphatic carbocycles. The first-order valence-corrected chi connectivity index (χ1v) is 11.0. The minimum Gasteiger partial charge on any atom is -0.507 e. The molecule has 31 heavy (non-hydrogen) atoms. The molecule has 2 aliphatic heterocycles. The van der Waals surface area contributed by atoms with Gasteiger partial charge in [0, 0.05) is 22.5 Å². The third-order valence-corrected chi connectivity index (χ3v) is 6.73. The number of aliphatic hydroxyl groups is 1. The fourth-order valence-electron chi connectivity index (χ4n) is 4.36. The maximum Gasteiger partial charge on any atom is 0.300 e. The summed E-state index contributed by atoms with van der Waals surface area (Å²) in [7, 11) is 0. The number of ketones is 1. The maximum atomic E-state index is 13.2. The zero-order chi connectivity index (χ0) is 21.7. The van der Waals surface area contributed by atoms with Crippen molar-refractivity contribution in [3.8, 4) is 5.75 Å². The van der Waals surface area contributed by atoms with E-state index in [1.54, 1.807) is 6.07 Å². The molecule has 1 amide bonds. The van der Waals surface area contributed by atoms with Gasteiger partial charge in [0.25, 0.3) is 11.7 Å². The van der Waals surface area contributed by atoms with Crippen molar-refractivity contribution in [2.24, 2.45) is 0 Å². The van der Waals surface area contributed by atoms with Crippen LogP contribution in [-0.4, -0.2) is 22.9 Å². The van der Waals surface area contributed by atoms with Crippen molar-refractivity contribution in [3.63, 3.8) is 0 Å². The number of anilines is 1. The Bertz CT molecular complexity index is 1230. The van der Waals surface area contributed by atoms with Crippen molar-refractivity contribution in [1.29, 1.82) is 0 Å². The summed E-state index contributed by atoms with van der Waals surface area (Å²) in [5, 5.41) is 13.2. The molecule has 6 heteroatoms. The van der Waals surface area contributed by atoms with E-state index >= 15 is 0 Å². The van der Waals surface area contributed by atoms with Crippen molar-refractivity contribution < 1.29 is 19.4 Å². The Balaban J connectivity index is 1.69. The fourth-order valence-corrected chi connectivity index (χ4v) is 5.18. The van der Waals surface area contributed by atoms with Gasteiger partial charge >= 0.3 is 0 Å². The van der Waals surface area contributed by atoms with Gasteiger partial charge in [-0.05, 0) is 60.7 Å². The van der Waals surface area contributed by atoms with Crippen LogP contribution < -0.4 is 9.64 Å². The zero-order valence-corrected chi connectivity index (χ0v) is 18.0. The number of fused-ring (bicyclic) bond motifs is 1. The van der Waals surface area contributed by atoms with E-state index < -0.39 is 17.7 Å². The molecule has 1 fully saturated rings. The number of carbonyl (C=O) groups is 2. The van der Waals surface area contributed by atoms with Crippen molar-refractivity contribution >= 4 is 34.5 Å². The molecule has 5 rings (SSSR count). The van der Waals surface area contributed by atoms with Crippen LogP contribution in [0.4, 0.5) is 5.69 Å². The Morgan fingerprint density at radius 1 is 1.13 bits per heavy atom. The van der Waals surface area contributed by atoms with E-state index in [1.165, 1.54) is 16.2 Å². The van der Waals surface area contributed by atoms with Gasteiger partial charge in [-0.1, -0.05) is 24.3 Å². The second-order valence-corrected chi connectivity index (χ2v) is 8.91. The smallest absolute Gasteiger partial charge is 0.300 e. The number of para-hydroxylation sites is 1. The topological polar surface area (TPSA) is 66.8 Å². The summed E-state index contributed by atoms with van der Waals surface area (Å²) in [6.45, 7) is 3.89.